The molecule has 0 spiro atoms. The number of halogens is 1. The third-order valence-electron chi connectivity index (χ3n) is 3.24. The number of rotatable bonds is 5. The van der Waals surface area contributed by atoms with Gasteiger partial charge in [-0.2, -0.15) is 0 Å². The van der Waals surface area contributed by atoms with Gasteiger partial charge in [-0.3, -0.25) is 9.59 Å². The summed E-state index contributed by atoms with van der Waals surface area (Å²) in [6.45, 7) is 0. The Labute approximate surface area is 128 Å². The van der Waals surface area contributed by atoms with Crippen molar-refractivity contribution in [3.05, 3.63) is 70.7 Å². The first kappa shape index (κ1) is 15.3. The topological polar surface area (TPSA) is 43.4 Å². The highest BCUT2D eigenvalue weighted by Gasteiger charge is 2.24. The van der Waals surface area contributed by atoms with E-state index in [0.717, 1.165) is 5.56 Å². The van der Waals surface area contributed by atoms with Crippen LogP contribution in [-0.4, -0.2) is 18.9 Å². The van der Waals surface area contributed by atoms with E-state index in [2.05, 4.69) is 0 Å². The molecule has 0 aliphatic carbocycles. The molecule has 0 N–H and O–H groups in total. The summed E-state index contributed by atoms with van der Waals surface area (Å²) in [4.78, 5) is 24.2. The van der Waals surface area contributed by atoms with E-state index in [1.807, 2.05) is 30.3 Å². The molecule has 0 fully saturated rings. The predicted molar refractivity (Wildman–Crippen MR) is 81.6 cm³/mol. The summed E-state index contributed by atoms with van der Waals surface area (Å²) >= 11 is 5.81. The monoisotopic (exact) mass is 302 g/mol. The van der Waals surface area contributed by atoms with Gasteiger partial charge in [-0.25, -0.2) is 0 Å². The smallest absolute Gasteiger partial charge is 0.313 e. The average molecular weight is 303 g/mol. The first-order chi connectivity index (χ1) is 10.1. The van der Waals surface area contributed by atoms with Gasteiger partial charge in [-0.15, -0.1) is 0 Å². The van der Waals surface area contributed by atoms with Crippen LogP contribution in [0.4, 0.5) is 0 Å². The minimum absolute atomic E-state index is 0.0678. The van der Waals surface area contributed by atoms with Crippen LogP contribution in [0.2, 0.25) is 5.02 Å². The van der Waals surface area contributed by atoms with Crippen LogP contribution in [0.1, 0.15) is 28.3 Å². The lowest BCUT2D eigenvalue weighted by molar-refractivity contribution is -0.142. The molecule has 0 saturated carbocycles. The van der Waals surface area contributed by atoms with Crippen LogP contribution < -0.4 is 0 Å². The zero-order valence-corrected chi connectivity index (χ0v) is 12.3. The minimum atomic E-state index is -0.598. The number of methoxy groups -OCH3 is 1. The Morgan fingerprint density at radius 3 is 2.24 bits per heavy atom. The molecule has 0 heterocycles. The van der Waals surface area contributed by atoms with Gasteiger partial charge in [0.1, 0.15) is 0 Å². The minimum Gasteiger partial charge on any atom is -0.469 e. The lowest BCUT2D eigenvalue weighted by Crippen LogP contribution is -2.18. The first-order valence-electron chi connectivity index (χ1n) is 6.53. The fraction of sp³-hybridized carbons (Fsp3) is 0.176. The van der Waals surface area contributed by atoms with Crippen LogP contribution in [-0.2, 0) is 9.53 Å². The Balaban J connectivity index is 2.21. The number of hydrogen-bond acceptors (Lipinski definition) is 3. The Morgan fingerprint density at radius 2 is 1.67 bits per heavy atom. The summed E-state index contributed by atoms with van der Waals surface area (Å²) in [6, 6.07) is 15.8. The summed E-state index contributed by atoms with van der Waals surface area (Å²) < 4.78 is 4.81. The fourth-order valence-electron chi connectivity index (χ4n) is 2.10. The standard InChI is InChI=1S/C17H15ClO3/c1-21-17(20)15(12-5-3-2-4-6-12)11-16(19)13-7-9-14(18)10-8-13/h2-10,15H,11H2,1H3/t15-/m0/s1. The molecule has 0 aromatic heterocycles. The molecule has 0 aliphatic rings. The predicted octanol–water partition coefficient (Wildman–Crippen LogP) is 3.87. The highest BCUT2D eigenvalue weighted by molar-refractivity contribution is 6.30. The molecule has 1 atom stereocenters. The van der Waals surface area contributed by atoms with Crippen molar-refractivity contribution in [3.63, 3.8) is 0 Å². The van der Waals surface area contributed by atoms with E-state index in [1.165, 1.54) is 7.11 Å². The lowest BCUT2D eigenvalue weighted by Gasteiger charge is -2.14. The Kier molecular flexibility index (Phi) is 5.12. The van der Waals surface area contributed by atoms with Crippen molar-refractivity contribution in [2.24, 2.45) is 0 Å². The van der Waals surface area contributed by atoms with Gasteiger partial charge in [0.2, 0.25) is 0 Å². The van der Waals surface area contributed by atoms with Crippen molar-refractivity contribution >= 4 is 23.4 Å². The highest BCUT2D eigenvalue weighted by atomic mass is 35.5. The van der Waals surface area contributed by atoms with Crippen molar-refractivity contribution in [2.75, 3.05) is 7.11 Å². The molecule has 108 valence electrons. The quantitative estimate of drug-likeness (QED) is 0.622. The van der Waals surface area contributed by atoms with Crippen molar-refractivity contribution in [3.8, 4) is 0 Å². The van der Waals surface area contributed by atoms with Gasteiger partial charge in [-0.1, -0.05) is 41.9 Å². The summed E-state index contributed by atoms with van der Waals surface area (Å²) in [5.74, 6) is -1.13. The molecule has 2 aromatic carbocycles. The molecule has 0 aliphatic heterocycles. The second kappa shape index (κ2) is 7.04. The molecule has 3 nitrogen and oxygen atoms in total. The summed E-state index contributed by atoms with van der Waals surface area (Å²) in [7, 11) is 1.32. The molecule has 0 radical (unpaired) electrons. The maximum Gasteiger partial charge on any atom is 0.313 e. The fourth-order valence-corrected chi connectivity index (χ4v) is 2.23. The molecule has 2 rings (SSSR count). The number of benzene rings is 2. The van der Waals surface area contributed by atoms with Gasteiger partial charge in [-0.05, 0) is 29.8 Å². The van der Waals surface area contributed by atoms with Gasteiger partial charge in [0, 0.05) is 17.0 Å². The van der Waals surface area contributed by atoms with E-state index in [9.17, 15) is 9.59 Å². The van der Waals surface area contributed by atoms with E-state index in [0.29, 0.717) is 10.6 Å². The molecule has 0 bridgehead atoms. The normalized spacial score (nSPS) is 11.7. The maximum atomic E-state index is 12.3. The summed E-state index contributed by atoms with van der Waals surface area (Å²) in [5, 5.41) is 0.569. The number of carbonyl (C=O) groups excluding carboxylic acids is 2. The molecule has 0 unspecified atom stereocenters. The van der Waals surface area contributed by atoms with Crippen molar-refractivity contribution in [1.29, 1.82) is 0 Å². The molecular formula is C17H15ClO3. The molecule has 0 saturated heterocycles. The summed E-state index contributed by atoms with van der Waals surface area (Å²) in [6.07, 6.45) is 0.0678. The van der Waals surface area contributed by atoms with E-state index < -0.39 is 11.9 Å². The molecule has 21 heavy (non-hydrogen) atoms. The average Bonchev–Trinajstić information content (AvgIpc) is 2.53. The van der Waals surface area contributed by atoms with Crippen LogP contribution in [0.25, 0.3) is 0 Å². The Morgan fingerprint density at radius 1 is 1.05 bits per heavy atom. The zero-order valence-electron chi connectivity index (χ0n) is 11.6. The van der Waals surface area contributed by atoms with E-state index >= 15 is 0 Å². The van der Waals surface area contributed by atoms with E-state index in [1.54, 1.807) is 24.3 Å². The Bertz CT molecular complexity index is 620. The van der Waals surface area contributed by atoms with Crippen LogP contribution >= 0.6 is 11.6 Å². The van der Waals surface area contributed by atoms with Crippen molar-refractivity contribution in [1.82, 2.24) is 0 Å². The third-order valence-corrected chi connectivity index (χ3v) is 3.50. The number of carbonyl (C=O) groups is 2. The van der Waals surface area contributed by atoms with Gasteiger partial charge < -0.3 is 4.74 Å². The first-order valence-corrected chi connectivity index (χ1v) is 6.91. The maximum absolute atomic E-state index is 12.3. The van der Waals surface area contributed by atoms with Crippen molar-refractivity contribution < 1.29 is 14.3 Å². The molecule has 4 heteroatoms. The van der Waals surface area contributed by atoms with Crippen LogP contribution in [0.5, 0.6) is 0 Å². The molecular weight excluding hydrogens is 288 g/mol. The van der Waals surface area contributed by atoms with Gasteiger partial charge >= 0.3 is 5.97 Å². The van der Waals surface area contributed by atoms with Crippen molar-refractivity contribution in [2.45, 2.75) is 12.3 Å². The second-order valence-corrected chi connectivity index (χ2v) is 5.06. The largest absolute Gasteiger partial charge is 0.469 e. The third kappa shape index (κ3) is 3.92. The number of hydrogen-bond donors (Lipinski definition) is 0. The zero-order chi connectivity index (χ0) is 15.2. The second-order valence-electron chi connectivity index (χ2n) is 4.62. The van der Waals surface area contributed by atoms with Gasteiger partial charge in [0.15, 0.2) is 5.78 Å². The van der Waals surface area contributed by atoms with Crippen LogP contribution in [0, 0.1) is 0 Å². The Hall–Kier alpha value is -2.13. The summed E-state index contributed by atoms with van der Waals surface area (Å²) in [5.41, 5.74) is 1.30. The van der Waals surface area contributed by atoms with Crippen LogP contribution in [0.3, 0.4) is 0 Å². The SMILES string of the molecule is COC(=O)[C@@H](CC(=O)c1ccc(Cl)cc1)c1ccccc1. The van der Waals surface area contributed by atoms with Crippen LogP contribution in [0.15, 0.2) is 54.6 Å². The lowest BCUT2D eigenvalue weighted by atomic mass is 9.91. The van der Waals surface area contributed by atoms with E-state index in [4.69, 9.17) is 16.3 Å². The highest BCUT2D eigenvalue weighted by Crippen LogP contribution is 2.23. The molecule has 0 amide bonds. The van der Waals surface area contributed by atoms with Gasteiger partial charge in [0.25, 0.3) is 0 Å². The number of Topliss-reactive ketones (excluding diaryl/α,β-unsaturated/α-hetero) is 1. The van der Waals surface area contributed by atoms with E-state index in [-0.39, 0.29) is 12.2 Å². The number of ketones is 1. The number of esters is 1. The van der Waals surface area contributed by atoms with Gasteiger partial charge in [0.05, 0.1) is 13.0 Å². The number of ether oxygens (including phenoxy) is 1. The molecule has 2 aromatic rings.